The van der Waals surface area contributed by atoms with Gasteiger partial charge in [-0.2, -0.15) is 5.10 Å². The van der Waals surface area contributed by atoms with Gasteiger partial charge in [0.15, 0.2) is 5.75 Å². The van der Waals surface area contributed by atoms with E-state index < -0.39 is 4.92 Å². The van der Waals surface area contributed by atoms with E-state index in [0.717, 1.165) is 0 Å². The van der Waals surface area contributed by atoms with Crippen molar-refractivity contribution in [2.24, 2.45) is 0 Å². The quantitative estimate of drug-likeness (QED) is 0.593. The van der Waals surface area contributed by atoms with Crippen LogP contribution < -0.4 is 4.74 Å². The number of non-ortho nitro benzene ring substituents is 1. The first-order chi connectivity index (χ1) is 8.11. The fraction of sp³-hybridized carbons (Fsp3) is 0.200. The van der Waals surface area contributed by atoms with Gasteiger partial charge in [0, 0.05) is 6.07 Å². The van der Waals surface area contributed by atoms with E-state index in [4.69, 9.17) is 4.74 Å². The van der Waals surface area contributed by atoms with Crippen LogP contribution in [0.1, 0.15) is 5.82 Å². The van der Waals surface area contributed by atoms with Crippen LogP contribution in [0.5, 0.6) is 5.75 Å². The Bertz CT molecular complexity index is 564. The van der Waals surface area contributed by atoms with Gasteiger partial charge in [0.2, 0.25) is 0 Å². The number of nitrogens with zero attached hydrogens (tertiary/aromatic N) is 4. The maximum atomic E-state index is 10.6. The summed E-state index contributed by atoms with van der Waals surface area (Å²) in [6.45, 7) is 1.76. The summed E-state index contributed by atoms with van der Waals surface area (Å²) in [6, 6.07) is 4.33. The predicted molar refractivity (Wildman–Crippen MR) is 59.3 cm³/mol. The average molecular weight is 234 g/mol. The van der Waals surface area contributed by atoms with Gasteiger partial charge in [-0.15, -0.1) is 0 Å². The smallest absolute Gasteiger partial charge is 0.273 e. The molecule has 0 aliphatic rings. The highest BCUT2D eigenvalue weighted by Crippen LogP contribution is 2.26. The highest BCUT2D eigenvalue weighted by molar-refractivity contribution is 5.52. The van der Waals surface area contributed by atoms with E-state index in [1.54, 1.807) is 13.0 Å². The van der Waals surface area contributed by atoms with E-state index in [2.05, 4.69) is 10.1 Å². The maximum absolute atomic E-state index is 10.6. The largest absolute Gasteiger partial charge is 0.494 e. The Hall–Kier alpha value is -2.44. The molecule has 0 saturated carbocycles. The summed E-state index contributed by atoms with van der Waals surface area (Å²) >= 11 is 0. The van der Waals surface area contributed by atoms with Crippen molar-refractivity contribution in [2.75, 3.05) is 7.11 Å². The summed E-state index contributed by atoms with van der Waals surface area (Å²) < 4.78 is 6.62. The fourth-order valence-electron chi connectivity index (χ4n) is 1.43. The lowest BCUT2D eigenvalue weighted by Gasteiger charge is -2.07. The van der Waals surface area contributed by atoms with E-state index in [1.807, 2.05) is 0 Å². The monoisotopic (exact) mass is 234 g/mol. The summed E-state index contributed by atoms with van der Waals surface area (Å²) in [4.78, 5) is 14.2. The molecule has 7 nitrogen and oxygen atoms in total. The van der Waals surface area contributed by atoms with Gasteiger partial charge in [0.05, 0.1) is 18.1 Å². The van der Waals surface area contributed by atoms with Crippen molar-refractivity contribution >= 4 is 5.69 Å². The molecule has 1 aromatic carbocycles. The molecule has 0 aliphatic carbocycles. The van der Waals surface area contributed by atoms with Crippen LogP contribution in [0, 0.1) is 17.0 Å². The van der Waals surface area contributed by atoms with Crippen LogP contribution in [0.3, 0.4) is 0 Å². The van der Waals surface area contributed by atoms with Gasteiger partial charge < -0.3 is 4.74 Å². The molecule has 0 bridgehead atoms. The fourth-order valence-corrected chi connectivity index (χ4v) is 1.43. The average Bonchev–Trinajstić information content (AvgIpc) is 2.74. The highest BCUT2D eigenvalue weighted by Gasteiger charge is 2.13. The molecule has 0 atom stereocenters. The van der Waals surface area contributed by atoms with Crippen LogP contribution in [0.15, 0.2) is 24.5 Å². The van der Waals surface area contributed by atoms with Crippen LogP contribution in [-0.4, -0.2) is 26.8 Å². The molecule has 0 spiro atoms. The second-order valence-corrected chi connectivity index (χ2v) is 3.35. The molecule has 1 aromatic heterocycles. The van der Waals surface area contributed by atoms with Crippen molar-refractivity contribution in [1.29, 1.82) is 0 Å². The Morgan fingerprint density at radius 3 is 2.76 bits per heavy atom. The Morgan fingerprint density at radius 2 is 2.24 bits per heavy atom. The molecule has 2 aromatic rings. The molecule has 7 heteroatoms. The van der Waals surface area contributed by atoms with E-state index in [9.17, 15) is 10.1 Å². The number of rotatable bonds is 3. The van der Waals surface area contributed by atoms with Crippen molar-refractivity contribution in [1.82, 2.24) is 14.8 Å². The molecular formula is C10H10N4O3. The zero-order valence-electron chi connectivity index (χ0n) is 9.32. The van der Waals surface area contributed by atoms with E-state index in [-0.39, 0.29) is 5.69 Å². The first-order valence-electron chi connectivity index (χ1n) is 4.83. The van der Waals surface area contributed by atoms with Gasteiger partial charge >= 0.3 is 0 Å². The first kappa shape index (κ1) is 11.1. The number of nitro groups is 1. The second kappa shape index (κ2) is 4.20. The maximum Gasteiger partial charge on any atom is 0.273 e. The van der Waals surface area contributed by atoms with Gasteiger partial charge in [-0.1, -0.05) is 0 Å². The van der Waals surface area contributed by atoms with Crippen LogP contribution in [-0.2, 0) is 0 Å². The molecule has 17 heavy (non-hydrogen) atoms. The van der Waals surface area contributed by atoms with Crippen LogP contribution in [0.2, 0.25) is 0 Å². The number of ether oxygens (including phenoxy) is 1. The number of aromatic nitrogens is 3. The van der Waals surface area contributed by atoms with Crippen molar-refractivity contribution in [3.8, 4) is 11.4 Å². The summed E-state index contributed by atoms with van der Waals surface area (Å²) in [7, 11) is 1.45. The number of benzene rings is 1. The normalized spacial score (nSPS) is 10.2. The van der Waals surface area contributed by atoms with Gasteiger partial charge in [-0.25, -0.2) is 9.67 Å². The van der Waals surface area contributed by atoms with Crippen molar-refractivity contribution in [3.05, 3.63) is 40.5 Å². The van der Waals surface area contributed by atoms with Crippen LogP contribution in [0.25, 0.3) is 5.69 Å². The van der Waals surface area contributed by atoms with Crippen molar-refractivity contribution in [2.45, 2.75) is 6.92 Å². The second-order valence-electron chi connectivity index (χ2n) is 3.35. The third-order valence-electron chi connectivity index (χ3n) is 2.23. The zero-order valence-corrected chi connectivity index (χ0v) is 9.32. The van der Waals surface area contributed by atoms with E-state index in [1.165, 1.54) is 30.3 Å². The van der Waals surface area contributed by atoms with Crippen LogP contribution >= 0.6 is 0 Å². The lowest BCUT2D eigenvalue weighted by atomic mass is 10.2. The SMILES string of the molecule is COc1cc([N+](=O)[O-])ccc1-n1cnc(C)n1. The number of hydrogen-bond acceptors (Lipinski definition) is 5. The highest BCUT2D eigenvalue weighted by atomic mass is 16.6. The zero-order chi connectivity index (χ0) is 12.4. The molecule has 0 amide bonds. The molecule has 0 unspecified atom stereocenters. The minimum Gasteiger partial charge on any atom is -0.494 e. The van der Waals surface area contributed by atoms with Gasteiger partial charge in [0.1, 0.15) is 17.8 Å². The molecular weight excluding hydrogens is 224 g/mol. The predicted octanol–water partition coefficient (Wildman–Crippen LogP) is 1.49. The third-order valence-corrected chi connectivity index (χ3v) is 2.23. The molecule has 0 radical (unpaired) electrons. The van der Waals surface area contributed by atoms with Crippen molar-refractivity contribution < 1.29 is 9.66 Å². The van der Waals surface area contributed by atoms with Gasteiger partial charge in [-0.3, -0.25) is 10.1 Å². The van der Waals surface area contributed by atoms with Gasteiger partial charge in [0.25, 0.3) is 5.69 Å². The summed E-state index contributed by atoms with van der Waals surface area (Å²) in [5, 5.41) is 14.8. The Kier molecular flexibility index (Phi) is 2.73. The first-order valence-corrected chi connectivity index (χ1v) is 4.83. The summed E-state index contributed by atoms with van der Waals surface area (Å²) in [5.74, 6) is 0.995. The number of methoxy groups -OCH3 is 1. The van der Waals surface area contributed by atoms with E-state index >= 15 is 0 Å². The molecule has 0 aliphatic heterocycles. The number of hydrogen-bond donors (Lipinski definition) is 0. The minimum atomic E-state index is -0.473. The number of aryl methyl sites for hydroxylation is 1. The molecule has 2 rings (SSSR count). The summed E-state index contributed by atoms with van der Waals surface area (Å²) in [6.07, 6.45) is 1.53. The Labute approximate surface area is 96.8 Å². The Balaban J connectivity index is 2.51. The molecule has 88 valence electrons. The molecule has 0 N–H and O–H groups in total. The Morgan fingerprint density at radius 1 is 1.47 bits per heavy atom. The third kappa shape index (κ3) is 2.07. The topological polar surface area (TPSA) is 83.1 Å². The van der Waals surface area contributed by atoms with Crippen molar-refractivity contribution in [3.63, 3.8) is 0 Å². The van der Waals surface area contributed by atoms with E-state index in [0.29, 0.717) is 17.3 Å². The number of nitro benzene ring substituents is 1. The summed E-state index contributed by atoms with van der Waals surface area (Å²) in [5.41, 5.74) is 0.584. The van der Waals surface area contributed by atoms with Crippen LogP contribution in [0.4, 0.5) is 5.69 Å². The minimum absolute atomic E-state index is 0.0255. The molecule has 0 saturated heterocycles. The standard InChI is InChI=1S/C10H10N4O3/c1-7-11-6-13(12-7)9-4-3-8(14(15)16)5-10(9)17-2/h3-6H,1-2H3. The molecule has 0 fully saturated rings. The van der Waals surface area contributed by atoms with Gasteiger partial charge in [-0.05, 0) is 13.0 Å². The molecule has 1 heterocycles. The lowest BCUT2D eigenvalue weighted by Crippen LogP contribution is -2.00. The lowest BCUT2D eigenvalue weighted by molar-refractivity contribution is -0.384.